The highest BCUT2D eigenvalue weighted by Gasteiger charge is 2.20. The van der Waals surface area contributed by atoms with E-state index in [1.807, 2.05) is 13.0 Å². The molecule has 0 saturated carbocycles. The van der Waals surface area contributed by atoms with Crippen LogP contribution in [-0.4, -0.2) is 30.0 Å². The molecule has 0 amide bonds. The maximum Gasteiger partial charge on any atom is 0.0547 e. The van der Waals surface area contributed by atoms with E-state index in [1.54, 1.807) is 0 Å². The van der Waals surface area contributed by atoms with Crippen molar-refractivity contribution in [2.45, 2.75) is 25.9 Å². The van der Waals surface area contributed by atoms with Crippen LogP contribution in [0.15, 0.2) is 42.5 Å². The van der Waals surface area contributed by atoms with E-state index in [-0.39, 0.29) is 0 Å². The third kappa shape index (κ3) is 3.49. The van der Waals surface area contributed by atoms with Gasteiger partial charge in [0.1, 0.15) is 0 Å². The van der Waals surface area contributed by atoms with Crippen LogP contribution < -0.4 is 5.32 Å². The number of fused-ring (bicyclic) bond motifs is 1. The summed E-state index contributed by atoms with van der Waals surface area (Å²) in [4.78, 5) is 6.96. The molecule has 1 aliphatic rings. The summed E-state index contributed by atoms with van der Waals surface area (Å²) < 4.78 is 0. The van der Waals surface area contributed by atoms with Gasteiger partial charge in [0.2, 0.25) is 0 Å². The molecule has 1 unspecified atom stereocenters. The Hall–Kier alpha value is -1.71. The Labute approximate surface area is 127 Å². The van der Waals surface area contributed by atoms with Gasteiger partial charge in [-0.05, 0) is 37.2 Å². The minimum absolute atomic E-state index is 0.560. The van der Waals surface area contributed by atoms with Gasteiger partial charge in [0, 0.05) is 37.8 Å². The number of aryl methyl sites for hydroxylation is 1. The molecule has 1 N–H and O–H groups in total. The van der Waals surface area contributed by atoms with Crippen LogP contribution in [0.4, 0.5) is 0 Å². The summed E-state index contributed by atoms with van der Waals surface area (Å²) in [6.07, 6.45) is 0. The fraction of sp³-hybridized carbons (Fsp3) is 0.389. The van der Waals surface area contributed by atoms with Gasteiger partial charge >= 0.3 is 0 Å². The van der Waals surface area contributed by atoms with Gasteiger partial charge in [-0.1, -0.05) is 30.3 Å². The molecule has 2 heterocycles. The minimum atomic E-state index is 0.560. The standard InChI is InChI=1S/C18H23N3/c1-14-6-5-8-17(20-14)13-21(2)12-16-11-19-10-15-7-3-4-9-18(15)16/h3-9,16,19H,10-13H2,1-2H3. The van der Waals surface area contributed by atoms with Crippen LogP contribution in [0.5, 0.6) is 0 Å². The molecule has 0 radical (unpaired) electrons. The lowest BCUT2D eigenvalue weighted by Crippen LogP contribution is -2.35. The Morgan fingerprint density at radius 1 is 1.19 bits per heavy atom. The lowest BCUT2D eigenvalue weighted by molar-refractivity contribution is 0.290. The zero-order chi connectivity index (χ0) is 14.7. The highest BCUT2D eigenvalue weighted by atomic mass is 15.1. The predicted octanol–water partition coefficient (Wildman–Crippen LogP) is 2.71. The van der Waals surface area contributed by atoms with E-state index in [0.29, 0.717) is 5.92 Å². The Morgan fingerprint density at radius 3 is 2.90 bits per heavy atom. The molecule has 1 aliphatic heterocycles. The SMILES string of the molecule is Cc1cccc(CN(C)CC2CNCc3ccccc32)n1. The van der Waals surface area contributed by atoms with E-state index < -0.39 is 0 Å². The van der Waals surface area contributed by atoms with Crippen LogP contribution in [0.25, 0.3) is 0 Å². The van der Waals surface area contributed by atoms with Crippen molar-refractivity contribution >= 4 is 0 Å². The van der Waals surface area contributed by atoms with Gasteiger partial charge in [-0.3, -0.25) is 9.88 Å². The molecule has 1 aromatic heterocycles. The average Bonchev–Trinajstić information content (AvgIpc) is 2.47. The van der Waals surface area contributed by atoms with Crippen LogP contribution in [0.3, 0.4) is 0 Å². The molecule has 0 bridgehead atoms. The third-order valence-corrected chi connectivity index (χ3v) is 4.11. The summed E-state index contributed by atoms with van der Waals surface area (Å²) in [5.74, 6) is 0.560. The second kappa shape index (κ2) is 6.37. The van der Waals surface area contributed by atoms with Crippen LogP contribution in [0.2, 0.25) is 0 Å². The van der Waals surface area contributed by atoms with Gasteiger partial charge in [-0.25, -0.2) is 0 Å². The Bertz CT molecular complexity index is 609. The van der Waals surface area contributed by atoms with Gasteiger partial charge in [0.05, 0.1) is 5.69 Å². The summed E-state index contributed by atoms with van der Waals surface area (Å²) in [6, 6.07) is 15.0. The fourth-order valence-electron chi connectivity index (χ4n) is 3.15. The van der Waals surface area contributed by atoms with Gasteiger partial charge in [0.15, 0.2) is 0 Å². The quantitative estimate of drug-likeness (QED) is 0.934. The number of benzene rings is 1. The molecule has 3 heteroatoms. The van der Waals surface area contributed by atoms with Gasteiger partial charge in [-0.15, -0.1) is 0 Å². The summed E-state index contributed by atoms with van der Waals surface area (Å²) in [5, 5.41) is 3.53. The second-order valence-corrected chi connectivity index (χ2v) is 5.99. The fourth-order valence-corrected chi connectivity index (χ4v) is 3.15. The van der Waals surface area contributed by atoms with E-state index >= 15 is 0 Å². The van der Waals surface area contributed by atoms with Crippen molar-refractivity contribution in [1.29, 1.82) is 0 Å². The molecule has 2 aromatic rings. The lowest BCUT2D eigenvalue weighted by atomic mass is 9.90. The van der Waals surface area contributed by atoms with E-state index in [0.717, 1.165) is 37.6 Å². The molecular weight excluding hydrogens is 258 g/mol. The first-order chi connectivity index (χ1) is 10.2. The number of likely N-dealkylation sites (N-methyl/N-ethyl adjacent to an activating group) is 1. The largest absolute Gasteiger partial charge is 0.312 e. The first-order valence-corrected chi connectivity index (χ1v) is 7.62. The number of hydrogen-bond donors (Lipinski definition) is 1. The zero-order valence-electron chi connectivity index (χ0n) is 12.8. The molecular formula is C18H23N3. The predicted molar refractivity (Wildman–Crippen MR) is 86.2 cm³/mol. The molecule has 3 rings (SSSR count). The van der Waals surface area contributed by atoms with Crippen molar-refractivity contribution < 1.29 is 0 Å². The normalized spacial score (nSPS) is 17.8. The van der Waals surface area contributed by atoms with E-state index in [2.05, 4.69) is 58.6 Å². The number of nitrogens with zero attached hydrogens (tertiary/aromatic N) is 2. The van der Waals surface area contributed by atoms with Gasteiger partial charge < -0.3 is 5.32 Å². The molecule has 21 heavy (non-hydrogen) atoms. The highest BCUT2D eigenvalue weighted by molar-refractivity contribution is 5.32. The summed E-state index contributed by atoms with van der Waals surface area (Å²) in [5.41, 5.74) is 5.18. The Kier molecular flexibility index (Phi) is 4.32. The monoisotopic (exact) mass is 281 g/mol. The average molecular weight is 281 g/mol. The Morgan fingerprint density at radius 2 is 2.05 bits per heavy atom. The number of rotatable bonds is 4. The molecule has 1 atom stereocenters. The molecule has 0 fully saturated rings. The van der Waals surface area contributed by atoms with Crippen LogP contribution >= 0.6 is 0 Å². The first-order valence-electron chi connectivity index (χ1n) is 7.62. The first kappa shape index (κ1) is 14.2. The van der Waals surface area contributed by atoms with Gasteiger partial charge in [0.25, 0.3) is 0 Å². The van der Waals surface area contributed by atoms with Crippen LogP contribution in [0, 0.1) is 6.92 Å². The number of pyridine rings is 1. The third-order valence-electron chi connectivity index (χ3n) is 4.11. The van der Waals surface area contributed by atoms with Crippen molar-refractivity contribution in [3.63, 3.8) is 0 Å². The van der Waals surface area contributed by atoms with Crippen molar-refractivity contribution in [1.82, 2.24) is 15.2 Å². The van der Waals surface area contributed by atoms with Crippen molar-refractivity contribution in [2.75, 3.05) is 20.1 Å². The van der Waals surface area contributed by atoms with Crippen LogP contribution in [-0.2, 0) is 13.1 Å². The highest BCUT2D eigenvalue weighted by Crippen LogP contribution is 2.24. The topological polar surface area (TPSA) is 28.2 Å². The maximum atomic E-state index is 4.59. The maximum absolute atomic E-state index is 4.59. The van der Waals surface area contributed by atoms with Crippen molar-refractivity contribution in [3.05, 3.63) is 65.0 Å². The van der Waals surface area contributed by atoms with Crippen molar-refractivity contribution in [2.24, 2.45) is 0 Å². The summed E-state index contributed by atoms with van der Waals surface area (Å²) in [6.45, 7) is 6.06. The Balaban J connectivity index is 1.67. The number of aromatic nitrogens is 1. The summed E-state index contributed by atoms with van der Waals surface area (Å²) >= 11 is 0. The lowest BCUT2D eigenvalue weighted by Gasteiger charge is -2.30. The zero-order valence-corrected chi connectivity index (χ0v) is 12.8. The van der Waals surface area contributed by atoms with Gasteiger partial charge in [-0.2, -0.15) is 0 Å². The minimum Gasteiger partial charge on any atom is -0.312 e. The number of hydrogen-bond acceptors (Lipinski definition) is 3. The van der Waals surface area contributed by atoms with E-state index in [4.69, 9.17) is 0 Å². The summed E-state index contributed by atoms with van der Waals surface area (Å²) in [7, 11) is 2.18. The van der Waals surface area contributed by atoms with Crippen molar-refractivity contribution in [3.8, 4) is 0 Å². The second-order valence-electron chi connectivity index (χ2n) is 5.99. The molecule has 1 aromatic carbocycles. The molecule has 0 aliphatic carbocycles. The molecule has 110 valence electrons. The van der Waals surface area contributed by atoms with Crippen LogP contribution in [0.1, 0.15) is 28.4 Å². The molecule has 3 nitrogen and oxygen atoms in total. The molecule has 0 saturated heterocycles. The van der Waals surface area contributed by atoms with E-state index in [1.165, 1.54) is 11.1 Å². The smallest absolute Gasteiger partial charge is 0.0547 e. The molecule has 0 spiro atoms. The van der Waals surface area contributed by atoms with E-state index in [9.17, 15) is 0 Å². The number of nitrogens with one attached hydrogen (secondary N) is 1.